The highest BCUT2D eigenvalue weighted by molar-refractivity contribution is 7.18. The molecule has 24 heavy (non-hydrogen) atoms. The number of thiophene rings is 1. The van der Waals surface area contributed by atoms with Crippen molar-refractivity contribution in [3.63, 3.8) is 0 Å². The lowest BCUT2D eigenvalue weighted by molar-refractivity contribution is -0.136. The maximum absolute atomic E-state index is 10.8. The molecule has 0 aliphatic carbocycles. The average Bonchev–Trinajstić information content (AvgIpc) is 2.82. The van der Waals surface area contributed by atoms with Crippen LogP contribution in [-0.2, 0) is 11.2 Å². The van der Waals surface area contributed by atoms with Crippen molar-refractivity contribution >= 4 is 33.3 Å². The summed E-state index contributed by atoms with van der Waals surface area (Å²) in [5.74, 6) is 0.650. The Bertz CT molecular complexity index is 875. The molecule has 3 aromatic rings. The number of carboxylic acids is 1. The minimum atomic E-state index is -0.824. The van der Waals surface area contributed by atoms with Gasteiger partial charge in [0.15, 0.2) is 0 Å². The van der Waals surface area contributed by atoms with E-state index in [1.54, 1.807) is 11.3 Å². The van der Waals surface area contributed by atoms with Gasteiger partial charge in [0.1, 0.15) is 16.5 Å². The van der Waals surface area contributed by atoms with Crippen LogP contribution in [0.3, 0.4) is 0 Å². The number of fused-ring (bicyclic) bond motifs is 1. The Labute approximate surface area is 144 Å². The number of anilines is 1. The van der Waals surface area contributed by atoms with Crippen LogP contribution in [0.15, 0.2) is 30.3 Å². The maximum Gasteiger partial charge on any atom is 0.305 e. The number of hydrogen-bond acceptors (Lipinski definition) is 5. The van der Waals surface area contributed by atoms with Gasteiger partial charge in [-0.15, -0.1) is 11.3 Å². The summed E-state index contributed by atoms with van der Waals surface area (Å²) in [5.41, 5.74) is 2.30. The smallest absolute Gasteiger partial charge is 0.305 e. The normalized spacial score (nSPS) is 10.9. The quantitative estimate of drug-likeness (QED) is 0.713. The molecule has 0 radical (unpaired) electrons. The molecular weight excluding hydrogens is 322 g/mol. The molecule has 124 valence electrons. The molecule has 0 fully saturated rings. The van der Waals surface area contributed by atoms with Crippen molar-refractivity contribution in [1.29, 1.82) is 0 Å². The molecule has 1 aromatic carbocycles. The predicted octanol–water partition coefficient (Wildman–Crippen LogP) is 3.79. The Morgan fingerprint density at radius 3 is 2.67 bits per heavy atom. The zero-order valence-corrected chi connectivity index (χ0v) is 14.5. The minimum Gasteiger partial charge on any atom is -0.481 e. The third-order valence-electron chi connectivity index (χ3n) is 3.91. The molecular formula is C18H19N3O2S. The third-order valence-corrected chi connectivity index (χ3v) is 5.01. The fourth-order valence-corrected chi connectivity index (χ4v) is 3.62. The van der Waals surface area contributed by atoms with Gasteiger partial charge in [-0.25, -0.2) is 9.97 Å². The van der Waals surface area contributed by atoms with E-state index >= 15 is 0 Å². The predicted molar refractivity (Wildman–Crippen MR) is 96.9 cm³/mol. The van der Waals surface area contributed by atoms with E-state index in [4.69, 9.17) is 10.1 Å². The molecule has 2 heterocycles. The van der Waals surface area contributed by atoms with Gasteiger partial charge in [0.05, 0.1) is 11.8 Å². The van der Waals surface area contributed by atoms with Gasteiger partial charge in [0.25, 0.3) is 0 Å². The van der Waals surface area contributed by atoms with Gasteiger partial charge in [-0.3, -0.25) is 4.79 Å². The summed E-state index contributed by atoms with van der Waals surface area (Å²) in [4.78, 5) is 22.3. The first kappa shape index (κ1) is 16.4. The molecule has 0 bridgehead atoms. The van der Waals surface area contributed by atoms with Crippen LogP contribution < -0.4 is 5.32 Å². The van der Waals surface area contributed by atoms with Crippen LogP contribution in [0.1, 0.15) is 28.2 Å². The average molecular weight is 341 g/mol. The highest BCUT2D eigenvalue weighted by Crippen LogP contribution is 2.33. The zero-order valence-electron chi connectivity index (χ0n) is 13.7. The van der Waals surface area contributed by atoms with Crippen molar-refractivity contribution in [3.8, 4) is 0 Å². The summed E-state index contributed by atoms with van der Waals surface area (Å²) in [5, 5.41) is 13.0. The summed E-state index contributed by atoms with van der Waals surface area (Å²) in [7, 11) is 0. The molecule has 6 heteroatoms. The molecule has 5 nitrogen and oxygen atoms in total. The fraction of sp³-hybridized carbons (Fsp3) is 0.278. The second kappa shape index (κ2) is 6.97. The van der Waals surface area contributed by atoms with E-state index in [1.807, 2.05) is 18.2 Å². The summed E-state index contributed by atoms with van der Waals surface area (Å²) >= 11 is 1.65. The van der Waals surface area contributed by atoms with Crippen molar-refractivity contribution in [2.45, 2.75) is 26.7 Å². The summed E-state index contributed by atoms with van der Waals surface area (Å²) in [6.07, 6.45) is 0.710. The Morgan fingerprint density at radius 2 is 1.96 bits per heavy atom. The maximum atomic E-state index is 10.8. The first-order valence-corrected chi connectivity index (χ1v) is 8.62. The number of aryl methyl sites for hydroxylation is 2. The highest BCUT2D eigenvalue weighted by Gasteiger charge is 2.15. The molecule has 0 aliphatic rings. The van der Waals surface area contributed by atoms with E-state index in [2.05, 4.69) is 36.3 Å². The topological polar surface area (TPSA) is 75.1 Å². The van der Waals surface area contributed by atoms with Crippen LogP contribution in [-0.4, -0.2) is 27.6 Å². The lowest BCUT2D eigenvalue weighted by Crippen LogP contribution is -2.10. The van der Waals surface area contributed by atoms with Crippen molar-refractivity contribution < 1.29 is 9.90 Å². The van der Waals surface area contributed by atoms with Crippen LogP contribution in [0, 0.1) is 13.8 Å². The second-order valence-corrected chi connectivity index (χ2v) is 6.89. The monoisotopic (exact) mass is 341 g/mol. The first-order chi connectivity index (χ1) is 11.5. The molecule has 3 rings (SSSR count). The van der Waals surface area contributed by atoms with Crippen LogP contribution >= 0.6 is 11.3 Å². The van der Waals surface area contributed by atoms with Crippen molar-refractivity contribution in [2.75, 3.05) is 11.9 Å². The number of nitrogens with one attached hydrogen (secondary N) is 1. The lowest BCUT2D eigenvalue weighted by Gasteiger charge is -2.09. The Hall–Kier alpha value is -2.47. The first-order valence-electron chi connectivity index (χ1n) is 7.81. The molecule has 0 unspecified atom stereocenters. The number of rotatable bonds is 6. The minimum absolute atomic E-state index is 0.0572. The molecule has 2 aromatic heterocycles. The number of carboxylic acid groups (broad SMARTS) is 1. The molecule has 0 amide bonds. The van der Waals surface area contributed by atoms with Gasteiger partial charge in [-0.1, -0.05) is 30.3 Å². The molecule has 2 N–H and O–H groups in total. The number of aliphatic carboxylic acids is 1. The summed E-state index contributed by atoms with van der Waals surface area (Å²) in [6, 6.07) is 10.1. The summed E-state index contributed by atoms with van der Waals surface area (Å²) in [6.45, 7) is 4.47. The van der Waals surface area contributed by atoms with E-state index in [9.17, 15) is 4.79 Å². The standard InChI is InChI=1S/C18H19N3O2S/c1-11-12(2)24-18-16(11)17(19-9-8-15(22)23)20-14(21-18)10-13-6-4-3-5-7-13/h3-7H,8-10H2,1-2H3,(H,22,23)(H,19,20,21). The molecule has 0 spiro atoms. The van der Waals surface area contributed by atoms with Gasteiger partial charge >= 0.3 is 5.97 Å². The van der Waals surface area contributed by atoms with Crippen molar-refractivity contribution in [3.05, 3.63) is 52.2 Å². The SMILES string of the molecule is Cc1sc2nc(Cc3ccccc3)nc(NCCC(=O)O)c2c1C. The van der Waals surface area contributed by atoms with E-state index in [-0.39, 0.29) is 6.42 Å². The second-order valence-electron chi connectivity index (χ2n) is 5.68. The van der Waals surface area contributed by atoms with Gasteiger partial charge in [-0.2, -0.15) is 0 Å². The fourth-order valence-electron chi connectivity index (χ4n) is 2.57. The van der Waals surface area contributed by atoms with Gasteiger partial charge in [0, 0.05) is 17.8 Å². The van der Waals surface area contributed by atoms with Crippen molar-refractivity contribution in [1.82, 2.24) is 9.97 Å². The molecule has 0 aliphatic heterocycles. The van der Waals surface area contributed by atoms with Crippen LogP contribution in [0.25, 0.3) is 10.2 Å². The number of nitrogens with zero attached hydrogens (tertiary/aromatic N) is 2. The number of aromatic nitrogens is 2. The van der Waals surface area contributed by atoms with E-state index in [1.165, 1.54) is 4.88 Å². The Balaban J connectivity index is 1.97. The highest BCUT2D eigenvalue weighted by atomic mass is 32.1. The van der Waals surface area contributed by atoms with Gasteiger partial charge in [0.2, 0.25) is 0 Å². The Morgan fingerprint density at radius 1 is 1.21 bits per heavy atom. The largest absolute Gasteiger partial charge is 0.481 e. The van der Waals surface area contributed by atoms with E-state index in [0.717, 1.165) is 33.0 Å². The van der Waals surface area contributed by atoms with Gasteiger partial charge in [-0.05, 0) is 25.0 Å². The van der Waals surface area contributed by atoms with Crippen molar-refractivity contribution in [2.24, 2.45) is 0 Å². The number of hydrogen-bond donors (Lipinski definition) is 2. The molecule has 0 saturated carbocycles. The Kier molecular flexibility index (Phi) is 4.76. The van der Waals surface area contributed by atoms with E-state index < -0.39 is 5.97 Å². The van der Waals surface area contributed by atoms with Crippen LogP contribution in [0.2, 0.25) is 0 Å². The van der Waals surface area contributed by atoms with E-state index in [0.29, 0.717) is 13.0 Å². The number of benzene rings is 1. The number of carbonyl (C=O) groups is 1. The zero-order chi connectivity index (χ0) is 17.1. The van der Waals surface area contributed by atoms with Crippen LogP contribution in [0.5, 0.6) is 0 Å². The molecule has 0 saturated heterocycles. The third kappa shape index (κ3) is 3.54. The molecule has 0 atom stereocenters. The van der Waals surface area contributed by atoms with Gasteiger partial charge < -0.3 is 10.4 Å². The summed E-state index contributed by atoms with van der Waals surface area (Å²) < 4.78 is 0. The van der Waals surface area contributed by atoms with Crippen LogP contribution in [0.4, 0.5) is 5.82 Å². The lowest BCUT2D eigenvalue weighted by atomic mass is 10.1.